The Morgan fingerprint density at radius 3 is 2.88 bits per heavy atom. The predicted molar refractivity (Wildman–Crippen MR) is 71.3 cm³/mol. The maximum atomic E-state index is 5.91. The number of nitrogens with one attached hydrogen (secondary N) is 1. The lowest BCUT2D eigenvalue weighted by Crippen LogP contribution is -2.26. The Kier molecular flexibility index (Phi) is 2.92. The van der Waals surface area contributed by atoms with Gasteiger partial charge >= 0.3 is 0 Å². The second-order valence-corrected chi connectivity index (χ2v) is 5.53. The van der Waals surface area contributed by atoms with Crippen LogP contribution in [0, 0.1) is 6.92 Å². The lowest BCUT2D eigenvalue weighted by molar-refractivity contribution is 0.385. The van der Waals surface area contributed by atoms with Gasteiger partial charge in [-0.3, -0.25) is 0 Å². The minimum Gasteiger partial charge on any atom is -0.439 e. The van der Waals surface area contributed by atoms with Crippen LogP contribution in [-0.4, -0.2) is 18.1 Å². The molecule has 0 spiro atoms. The monoisotopic (exact) mass is 294 g/mol. The summed E-state index contributed by atoms with van der Waals surface area (Å²) in [5.74, 6) is 1.36. The normalized spacial score (nSPS) is 17.8. The average Bonchev–Trinajstić information content (AvgIpc) is 2.74. The third kappa shape index (κ3) is 2.11. The molecule has 1 N–H and O–H groups in total. The van der Waals surface area contributed by atoms with Crippen LogP contribution >= 0.6 is 15.9 Å². The van der Waals surface area contributed by atoms with E-state index in [1.165, 1.54) is 5.56 Å². The minimum atomic E-state index is 0.468. The summed E-state index contributed by atoms with van der Waals surface area (Å²) in [6.45, 7) is 4.19. The molecule has 1 aromatic heterocycles. The number of benzene rings is 1. The summed E-state index contributed by atoms with van der Waals surface area (Å²) >= 11 is 3.54. The number of halogens is 1. The maximum absolute atomic E-state index is 5.91. The molecule has 3 nitrogen and oxygen atoms in total. The Bertz CT molecular complexity index is 544. The van der Waals surface area contributed by atoms with Crippen LogP contribution in [0.1, 0.15) is 30.2 Å². The van der Waals surface area contributed by atoms with E-state index in [-0.39, 0.29) is 0 Å². The van der Waals surface area contributed by atoms with Gasteiger partial charge in [0.1, 0.15) is 5.52 Å². The lowest BCUT2D eigenvalue weighted by atomic mass is 9.98. The van der Waals surface area contributed by atoms with E-state index in [9.17, 15) is 0 Å². The third-order valence-electron chi connectivity index (χ3n) is 3.29. The first kappa shape index (κ1) is 11.2. The maximum Gasteiger partial charge on any atom is 0.198 e. The van der Waals surface area contributed by atoms with Gasteiger partial charge in [-0.25, -0.2) is 4.98 Å². The highest BCUT2D eigenvalue weighted by Crippen LogP contribution is 2.31. The van der Waals surface area contributed by atoms with Gasteiger partial charge in [0.15, 0.2) is 11.5 Å². The van der Waals surface area contributed by atoms with Gasteiger partial charge in [0.05, 0.1) is 4.47 Å². The Labute approximate surface area is 109 Å². The number of nitrogens with zero attached hydrogens (tertiary/aromatic N) is 1. The van der Waals surface area contributed by atoms with Crippen molar-refractivity contribution in [3.63, 3.8) is 0 Å². The van der Waals surface area contributed by atoms with Crippen molar-refractivity contribution in [2.75, 3.05) is 13.1 Å². The van der Waals surface area contributed by atoms with E-state index in [0.29, 0.717) is 5.92 Å². The zero-order chi connectivity index (χ0) is 11.8. The molecule has 0 saturated carbocycles. The van der Waals surface area contributed by atoms with Crippen LogP contribution in [0.3, 0.4) is 0 Å². The van der Waals surface area contributed by atoms with Gasteiger partial charge in [-0.1, -0.05) is 0 Å². The van der Waals surface area contributed by atoms with Crippen molar-refractivity contribution in [1.29, 1.82) is 0 Å². The molecule has 3 rings (SSSR count). The molecule has 1 fully saturated rings. The number of rotatable bonds is 1. The van der Waals surface area contributed by atoms with E-state index in [0.717, 1.165) is 47.4 Å². The van der Waals surface area contributed by atoms with Crippen LogP contribution in [0.5, 0.6) is 0 Å². The molecule has 0 amide bonds. The quantitative estimate of drug-likeness (QED) is 0.876. The van der Waals surface area contributed by atoms with Crippen molar-refractivity contribution in [2.45, 2.75) is 25.7 Å². The molecule has 2 heterocycles. The zero-order valence-corrected chi connectivity index (χ0v) is 11.4. The molecule has 1 aliphatic heterocycles. The summed E-state index contributed by atoms with van der Waals surface area (Å²) in [6.07, 6.45) is 2.23. The van der Waals surface area contributed by atoms with Crippen LogP contribution in [-0.2, 0) is 0 Å². The lowest BCUT2D eigenvalue weighted by Gasteiger charge is -2.19. The first-order valence-electron chi connectivity index (χ1n) is 6.01. The van der Waals surface area contributed by atoms with Crippen molar-refractivity contribution in [1.82, 2.24) is 10.3 Å². The Balaban J connectivity index is 2.03. The van der Waals surface area contributed by atoms with Gasteiger partial charge in [0.25, 0.3) is 0 Å². The summed E-state index contributed by atoms with van der Waals surface area (Å²) < 4.78 is 6.91. The molecule has 2 aromatic rings. The largest absolute Gasteiger partial charge is 0.439 e. The standard InChI is InChI=1S/C13H15BrN2O/c1-8-6-10(14)12-11(7-8)16-13(17-12)9-2-4-15-5-3-9/h6-7,9,15H,2-5H2,1H3. The van der Waals surface area contributed by atoms with Crippen molar-refractivity contribution in [2.24, 2.45) is 0 Å². The first-order valence-corrected chi connectivity index (χ1v) is 6.80. The Hall–Kier alpha value is -0.870. The van der Waals surface area contributed by atoms with E-state index >= 15 is 0 Å². The highest BCUT2D eigenvalue weighted by Gasteiger charge is 2.21. The molecular formula is C13H15BrN2O. The van der Waals surface area contributed by atoms with E-state index < -0.39 is 0 Å². The highest BCUT2D eigenvalue weighted by atomic mass is 79.9. The molecular weight excluding hydrogens is 280 g/mol. The van der Waals surface area contributed by atoms with E-state index in [4.69, 9.17) is 4.42 Å². The first-order chi connectivity index (χ1) is 8.24. The fourth-order valence-electron chi connectivity index (χ4n) is 2.38. The fraction of sp³-hybridized carbons (Fsp3) is 0.462. The summed E-state index contributed by atoms with van der Waals surface area (Å²) in [7, 11) is 0. The third-order valence-corrected chi connectivity index (χ3v) is 3.88. The SMILES string of the molecule is Cc1cc(Br)c2oc(C3CCNCC3)nc2c1. The van der Waals surface area contributed by atoms with Gasteiger partial charge in [-0.05, 0) is 66.5 Å². The van der Waals surface area contributed by atoms with Crippen LogP contribution in [0.15, 0.2) is 21.0 Å². The van der Waals surface area contributed by atoms with Crippen LogP contribution in [0.4, 0.5) is 0 Å². The van der Waals surface area contributed by atoms with Crippen molar-refractivity contribution in [3.8, 4) is 0 Å². The smallest absolute Gasteiger partial charge is 0.198 e. The number of hydrogen-bond acceptors (Lipinski definition) is 3. The van der Waals surface area contributed by atoms with Gasteiger partial charge in [-0.15, -0.1) is 0 Å². The Morgan fingerprint density at radius 1 is 1.35 bits per heavy atom. The van der Waals surface area contributed by atoms with E-state index in [2.05, 4.69) is 45.3 Å². The van der Waals surface area contributed by atoms with Crippen molar-refractivity contribution >= 4 is 27.0 Å². The molecule has 17 heavy (non-hydrogen) atoms. The average molecular weight is 295 g/mol. The minimum absolute atomic E-state index is 0.468. The molecule has 90 valence electrons. The molecule has 0 aliphatic carbocycles. The van der Waals surface area contributed by atoms with Crippen molar-refractivity contribution in [3.05, 3.63) is 28.1 Å². The summed E-state index contributed by atoms with van der Waals surface area (Å²) in [6, 6.07) is 4.15. The van der Waals surface area contributed by atoms with Gasteiger partial charge in [0, 0.05) is 5.92 Å². The summed E-state index contributed by atoms with van der Waals surface area (Å²) in [4.78, 5) is 4.63. The molecule has 1 aliphatic rings. The van der Waals surface area contributed by atoms with Crippen LogP contribution < -0.4 is 5.32 Å². The second kappa shape index (κ2) is 4.42. The highest BCUT2D eigenvalue weighted by molar-refractivity contribution is 9.10. The zero-order valence-electron chi connectivity index (χ0n) is 9.79. The molecule has 0 atom stereocenters. The second-order valence-electron chi connectivity index (χ2n) is 4.67. The van der Waals surface area contributed by atoms with Crippen molar-refractivity contribution < 1.29 is 4.42 Å². The Morgan fingerprint density at radius 2 is 2.12 bits per heavy atom. The predicted octanol–water partition coefficient (Wildman–Crippen LogP) is 3.37. The number of aryl methyl sites for hydroxylation is 1. The molecule has 0 bridgehead atoms. The summed E-state index contributed by atoms with van der Waals surface area (Å²) in [5.41, 5.74) is 3.05. The van der Waals surface area contributed by atoms with Crippen LogP contribution in [0.25, 0.3) is 11.1 Å². The molecule has 4 heteroatoms. The molecule has 0 radical (unpaired) electrons. The van der Waals surface area contributed by atoms with E-state index in [1.807, 2.05) is 0 Å². The number of hydrogen-bond donors (Lipinski definition) is 1. The number of piperidine rings is 1. The van der Waals surface area contributed by atoms with Gasteiger partial charge < -0.3 is 9.73 Å². The molecule has 1 saturated heterocycles. The number of aromatic nitrogens is 1. The number of fused-ring (bicyclic) bond motifs is 1. The molecule has 0 unspecified atom stereocenters. The van der Waals surface area contributed by atoms with Gasteiger partial charge in [-0.2, -0.15) is 0 Å². The molecule has 1 aromatic carbocycles. The fourth-order valence-corrected chi connectivity index (χ4v) is 3.03. The van der Waals surface area contributed by atoms with Gasteiger partial charge in [0.2, 0.25) is 0 Å². The summed E-state index contributed by atoms with van der Waals surface area (Å²) in [5, 5.41) is 3.36. The number of oxazole rings is 1. The van der Waals surface area contributed by atoms with Crippen LogP contribution in [0.2, 0.25) is 0 Å². The topological polar surface area (TPSA) is 38.1 Å². The van der Waals surface area contributed by atoms with E-state index in [1.54, 1.807) is 0 Å².